The van der Waals surface area contributed by atoms with Crippen LogP contribution in [0.1, 0.15) is 0 Å². The summed E-state index contributed by atoms with van der Waals surface area (Å²) in [4.78, 5) is 16.8. The zero-order chi connectivity index (χ0) is 9.90. The minimum atomic E-state index is -5.03. The number of halogens is 3. The molecule has 1 aromatic heterocycles. The molecule has 0 N–H and O–H groups in total. The van der Waals surface area contributed by atoms with Gasteiger partial charge in [-0.2, -0.15) is 13.2 Å². The van der Waals surface area contributed by atoms with Gasteiger partial charge in [0.15, 0.2) is 0 Å². The van der Waals surface area contributed by atoms with Crippen molar-refractivity contribution < 1.29 is 22.7 Å². The van der Waals surface area contributed by atoms with Crippen LogP contribution in [-0.4, -0.2) is 22.1 Å². The molecule has 0 fully saturated rings. The molecule has 0 radical (unpaired) electrons. The highest BCUT2D eigenvalue weighted by atomic mass is 19.4. The molecule has 0 aliphatic rings. The van der Waals surface area contributed by atoms with Gasteiger partial charge < -0.3 is 4.74 Å². The van der Waals surface area contributed by atoms with E-state index in [4.69, 9.17) is 0 Å². The van der Waals surface area contributed by atoms with Crippen LogP contribution in [0.5, 0.6) is 6.01 Å². The number of carbonyl (C=O) groups excluding carboxylic acids is 1. The normalized spacial score (nSPS) is 11.0. The van der Waals surface area contributed by atoms with Crippen LogP contribution in [0.4, 0.5) is 13.2 Å². The topological polar surface area (TPSA) is 52.1 Å². The quantitative estimate of drug-likeness (QED) is 0.621. The van der Waals surface area contributed by atoms with Crippen molar-refractivity contribution in [3.05, 3.63) is 18.5 Å². The Kier molecular flexibility index (Phi) is 2.45. The first-order valence-electron chi connectivity index (χ1n) is 3.06. The van der Waals surface area contributed by atoms with Gasteiger partial charge in [0.1, 0.15) is 0 Å². The van der Waals surface area contributed by atoms with E-state index in [1.165, 1.54) is 6.07 Å². The van der Waals surface area contributed by atoms with E-state index in [1.807, 2.05) is 0 Å². The van der Waals surface area contributed by atoms with Crippen molar-refractivity contribution in [1.29, 1.82) is 0 Å². The lowest BCUT2D eigenvalue weighted by molar-refractivity contribution is -0.190. The molecule has 70 valence electrons. The van der Waals surface area contributed by atoms with Gasteiger partial charge in [0, 0.05) is 12.4 Å². The highest BCUT2D eigenvalue weighted by molar-refractivity contribution is 5.77. The predicted molar refractivity (Wildman–Crippen MR) is 33.7 cm³/mol. The Morgan fingerprint density at radius 3 is 2.31 bits per heavy atom. The Balaban J connectivity index is 2.66. The van der Waals surface area contributed by atoms with E-state index in [0.29, 0.717) is 0 Å². The maximum Gasteiger partial charge on any atom is 0.491 e. The molecular formula is C6H3F3N2O2. The minimum Gasteiger partial charge on any atom is -0.384 e. The van der Waals surface area contributed by atoms with Crippen molar-refractivity contribution in [2.45, 2.75) is 6.18 Å². The number of esters is 1. The number of hydrogen-bond acceptors (Lipinski definition) is 4. The molecule has 0 saturated heterocycles. The summed E-state index contributed by atoms with van der Waals surface area (Å²) in [6, 6.07) is 0.759. The molecule has 0 amide bonds. The third-order valence-electron chi connectivity index (χ3n) is 0.958. The molecule has 0 aliphatic heterocycles. The molecule has 0 spiro atoms. The third-order valence-corrected chi connectivity index (χ3v) is 0.958. The maximum absolute atomic E-state index is 11.6. The van der Waals surface area contributed by atoms with Crippen molar-refractivity contribution in [2.24, 2.45) is 0 Å². The fourth-order valence-corrected chi connectivity index (χ4v) is 0.479. The molecule has 0 aliphatic carbocycles. The summed E-state index contributed by atoms with van der Waals surface area (Å²) in [6.07, 6.45) is -2.71. The van der Waals surface area contributed by atoms with Crippen LogP contribution < -0.4 is 4.74 Å². The van der Waals surface area contributed by atoms with Crippen molar-refractivity contribution in [1.82, 2.24) is 9.97 Å². The summed E-state index contributed by atoms with van der Waals surface area (Å²) in [7, 11) is 0. The van der Waals surface area contributed by atoms with E-state index in [9.17, 15) is 18.0 Å². The van der Waals surface area contributed by atoms with E-state index in [2.05, 4.69) is 14.7 Å². The van der Waals surface area contributed by atoms with Gasteiger partial charge >= 0.3 is 18.2 Å². The van der Waals surface area contributed by atoms with E-state index >= 15 is 0 Å². The van der Waals surface area contributed by atoms with Gasteiger partial charge in [0.05, 0.1) is 0 Å². The van der Waals surface area contributed by atoms with Crippen molar-refractivity contribution >= 4 is 5.97 Å². The lowest BCUT2D eigenvalue weighted by atomic mass is 10.6. The van der Waals surface area contributed by atoms with Gasteiger partial charge in [-0.25, -0.2) is 14.8 Å². The number of nitrogens with zero attached hydrogens (tertiary/aromatic N) is 2. The zero-order valence-corrected chi connectivity index (χ0v) is 6.08. The Labute approximate surface area is 70.4 Å². The minimum absolute atomic E-state index is 0.621. The number of rotatable bonds is 1. The van der Waals surface area contributed by atoms with Gasteiger partial charge in [0.25, 0.3) is 0 Å². The Hall–Kier alpha value is -1.66. The third kappa shape index (κ3) is 2.69. The molecule has 13 heavy (non-hydrogen) atoms. The van der Waals surface area contributed by atoms with E-state index < -0.39 is 18.2 Å². The molecule has 0 saturated carbocycles. The zero-order valence-electron chi connectivity index (χ0n) is 6.08. The molecule has 0 atom stereocenters. The molecule has 0 aromatic carbocycles. The summed E-state index contributed by atoms with van der Waals surface area (Å²) >= 11 is 0. The standard InChI is InChI=1S/C6H3F3N2O2/c7-6(8,9)4(12)13-5-10-2-1-3-11-5/h1-3H. The number of ether oxygens (including phenoxy) is 1. The second-order valence-corrected chi connectivity index (χ2v) is 1.92. The number of alkyl halides is 3. The fourth-order valence-electron chi connectivity index (χ4n) is 0.479. The lowest BCUT2D eigenvalue weighted by Crippen LogP contribution is -2.28. The Morgan fingerprint density at radius 2 is 1.85 bits per heavy atom. The van der Waals surface area contributed by atoms with Crippen molar-refractivity contribution in [3.63, 3.8) is 0 Å². The first-order chi connectivity index (χ1) is 6.00. The summed E-state index contributed by atoms with van der Waals surface area (Å²) in [5.74, 6) is -2.33. The van der Waals surface area contributed by atoms with Crippen molar-refractivity contribution in [3.8, 4) is 6.01 Å². The van der Waals surface area contributed by atoms with Crippen LogP contribution in [0.2, 0.25) is 0 Å². The average Bonchev–Trinajstić information content (AvgIpc) is 2.04. The largest absolute Gasteiger partial charge is 0.491 e. The SMILES string of the molecule is O=C(Oc1ncccn1)C(F)(F)F. The Bertz CT molecular complexity index is 298. The maximum atomic E-state index is 11.6. The van der Waals surface area contributed by atoms with E-state index in [1.54, 1.807) is 0 Å². The summed E-state index contributed by atoms with van der Waals surface area (Å²) in [5, 5.41) is 0. The van der Waals surface area contributed by atoms with Crippen LogP contribution in [-0.2, 0) is 4.79 Å². The summed E-state index contributed by atoms with van der Waals surface area (Å²) in [6.45, 7) is 0. The highest BCUT2D eigenvalue weighted by Gasteiger charge is 2.41. The van der Waals surface area contributed by atoms with Gasteiger partial charge in [-0.05, 0) is 6.07 Å². The summed E-state index contributed by atoms with van der Waals surface area (Å²) < 4.78 is 38.6. The van der Waals surface area contributed by atoms with Crippen LogP contribution in [0.25, 0.3) is 0 Å². The molecule has 4 nitrogen and oxygen atoms in total. The molecule has 1 aromatic rings. The second-order valence-electron chi connectivity index (χ2n) is 1.92. The van der Waals surface area contributed by atoms with Gasteiger partial charge in [0.2, 0.25) is 0 Å². The van der Waals surface area contributed by atoms with E-state index in [0.717, 1.165) is 12.4 Å². The van der Waals surface area contributed by atoms with E-state index in [-0.39, 0.29) is 0 Å². The predicted octanol–water partition coefficient (Wildman–Crippen LogP) is 0.944. The molecule has 7 heteroatoms. The van der Waals surface area contributed by atoms with Crippen LogP contribution in [0, 0.1) is 0 Å². The summed E-state index contributed by atoms with van der Waals surface area (Å²) in [5.41, 5.74) is 0. The first kappa shape index (κ1) is 9.43. The van der Waals surface area contributed by atoms with Crippen LogP contribution >= 0.6 is 0 Å². The van der Waals surface area contributed by atoms with Gasteiger partial charge in [-0.1, -0.05) is 0 Å². The molecule has 1 heterocycles. The van der Waals surface area contributed by atoms with Gasteiger partial charge in [-0.15, -0.1) is 0 Å². The van der Waals surface area contributed by atoms with Gasteiger partial charge in [-0.3, -0.25) is 0 Å². The monoisotopic (exact) mass is 192 g/mol. The fraction of sp³-hybridized carbons (Fsp3) is 0.167. The number of aromatic nitrogens is 2. The second kappa shape index (κ2) is 3.38. The smallest absolute Gasteiger partial charge is 0.384 e. The van der Waals surface area contributed by atoms with Crippen LogP contribution in [0.15, 0.2) is 18.5 Å². The number of hydrogen-bond donors (Lipinski definition) is 0. The van der Waals surface area contributed by atoms with Crippen LogP contribution in [0.3, 0.4) is 0 Å². The van der Waals surface area contributed by atoms with Crippen molar-refractivity contribution in [2.75, 3.05) is 0 Å². The number of carbonyl (C=O) groups is 1. The molecule has 1 rings (SSSR count). The molecule has 0 unspecified atom stereocenters. The molecule has 0 bridgehead atoms. The Morgan fingerprint density at radius 1 is 1.31 bits per heavy atom. The lowest BCUT2D eigenvalue weighted by Gasteiger charge is -2.03. The first-order valence-corrected chi connectivity index (χ1v) is 3.06. The molecular weight excluding hydrogens is 189 g/mol. The average molecular weight is 192 g/mol. The highest BCUT2D eigenvalue weighted by Crippen LogP contribution is 2.17.